The van der Waals surface area contributed by atoms with Crippen molar-refractivity contribution in [3.05, 3.63) is 35.4 Å². The predicted molar refractivity (Wildman–Crippen MR) is 73.4 cm³/mol. The van der Waals surface area contributed by atoms with Gasteiger partial charge in [0.2, 0.25) is 5.91 Å². The molecule has 0 aromatic heterocycles. The molecule has 1 heterocycles. The highest BCUT2D eigenvalue weighted by atomic mass is 19.1. The maximum absolute atomic E-state index is 14.1. The second-order valence-corrected chi connectivity index (χ2v) is 5.22. The monoisotopic (exact) mass is 313 g/mol. The van der Waals surface area contributed by atoms with Crippen LogP contribution >= 0.6 is 0 Å². The molecule has 2 rings (SSSR count). The highest BCUT2D eigenvalue weighted by molar-refractivity contribution is 5.88. The molecule has 0 spiro atoms. The molecule has 1 aliphatic heterocycles. The number of aliphatic carboxylic acids is 1. The van der Waals surface area contributed by atoms with Gasteiger partial charge in [-0.05, 0) is 18.9 Å². The average molecular weight is 313 g/mol. The van der Waals surface area contributed by atoms with E-state index in [9.17, 15) is 18.4 Å². The summed E-state index contributed by atoms with van der Waals surface area (Å²) < 4.78 is 32.5. The highest BCUT2D eigenvalue weighted by Crippen LogP contribution is 2.36. The van der Waals surface area contributed by atoms with Gasteiger partial charge >= 0.3 is 5.97 Å². The van der Waals surface area contributed by atoms with E-state index in [2.05, 4.69) is 5.32 Å². The maximum atomic E-state index is 14.1. The molecular weight excluding hydrogens is 296 g/mol. The molecule has 0 aliphatic carbocycles. The lowest BCUT2D eigenvalue weighted by Gasteiger charge is -2.36. The van der Waals surface area contributed by atoms with Crippen molar-refractivity contribution in [3.8, 4) is 0 Å². The third-order valence-corrected chi connectivity index (χ3v) is 3.85. The number of amides is 1. The first-order valence-electron chi connectivity index (χ1n) is 6.99. The van der Waals surface area contributed by atoms with Crippen molar-refractivity contribution >= 4 is 11.9 Å². The number of carbonyl (C=O) groups excluding carboxylic acids is 1. The Morgan fingerprint density at radius 3 is 2.55 bits per heavy atom. The van der Waals surface area contributed by atoms with Gasteiger partial charge in [0.05, 0.1) is 11.8 Å². The summed E-state index contributed by atoms with van der Waals surface area (Å²) in [6.45, 7) is 0.520. The van der Waals surface area contributed by atoms with Gasteiger partial charge in [-0.2, -0.15) is 0 Å². The Bertz CT molecular complexity index is 571. The van der Waals surface area contributed by atoms with Crippen molar-refractivity contribution in [2.24, 2.45) is 0 Å². The zero-order valence-electron chi connectivity index (χ0n) is 11.9. The van der Waals surface area contributed by atoms with Crippen molar-refractivity contribution in [1.29, 1.82) is 0 Å². The third-order valence-electron chi connectivity index (χ3n) is 3.85. The number of hydrogen-bond acceptors (Lipinski definition) is 3. The number of carbonyl (C=O) groups is 2. The van der Waals surface area contributed by atoms with Crippen LogP contribution in [0.4, 0.5) is 8.78 Å². The smallest absolute Gasteiger partial charge is 0.305 e. The second kappa shape index (κ2) is 6.83. The molecule has 2 N–H and O–H groups in total. The Kier molecular flexibility index (Phi) is 5.07. The summed E-state index contributed by atoms with van der Waals surface area (Å²) in [5, 5.41) is 11.1. The molecule has 1 amide bonds. The summed E-state index contributed by atoms with van der Waals surface area (Å²) in [5.41, 5.74) is -1.04. The fraction of sp³-hybridized carbons (Fsp3) is 0.467. The van der Waals surface area contributed by atoms with E-state index in [1.807, 2.05) is 0 Å². The minimum absolute atomic E-state index is 0.0421. The topological polar surface area (TPSA) is 75.6 Å². The van der Waals surface area contributed by atoms with E-state index >= 15 is 0 Å². The number of rotatable bonds is 5. The zero-order chi connectivity index (χ0) is 16.2. The van der Waals surface area contributed by atoms with Crippen LogP contribution in [-0.2, 0) is 19.7 Å². The first-order valence-corrected chi connectivity index (χ1v) is 6.99. The van der Waals surface area contributed by atoms with Gasteiger partial charge in [0, 0.05) is 31.4 Å². The molecule has 0 radical (unpaired) electrons. The Balaban J connectivity index is 2.27. The molecule has 1 saturated heterocycles. The summed E-state index contributed by atoms with van der Waals surface area (Å²) in [7, 11) is 0. The first-order chi connectivity index (χ1) is 10.5. The molecule has 0 atom stereocenters. The van der Waals surface area contributed by atoms with Crippen molar-refractivity contribution in [2.75, 3.05) is 19.8 Å². The van der Waals surface area contributed by atoms with Gasteiger partial charge in [-0.15, -0.1) is 0 Å². The molecule has 1 aromatic rings. The predicted octanol–water partition coefficient (Wildman–Crippen LogP) is 1.60. The van der Waals surface area contributed by atoms with Crippen LogP contribution in [0.15, 0.2) is 18.2 Å². The van der Waals surface area contributed by atoms with Gasteiger partial charge < -0.3 is 15.2 Å². The molecule has 0 unspecified atom stereocenters. The molecule has 1 aromatic carbocycles. The van der Waals surface area contributed by atoms with Crippen LogP contribution in [0.3, 0.4) is 0 Å². The molecular formula is C15H17F2NO4. The molecule has 120 valence electrons. The normalized spacial score (nSPS) is 17.0. The highest BCUT2D eigenvalue weighted by Gasteiger charge is 2.43. The Labute approximate surface area is 126 Å². The van der Waals surface area contributed by atoms with Gasteiger partial charge in [0.1, 0.15) is 11.6 Å². The van der Waals surface area contributed by atoms with E-state index in [-0.39, 0.29) is 44.6 Å². The number of ether oxygens (including phenoxy) is 1. The number of hydrogen-bond donors (Lipinski definition) is 2. The minimum Gasteiger partial charge on any atom is -0.481 e. The van der Waals surface area contributed by atoms with Crippen molar-refractivity contribution in [2.45, 2.75) is 24.7 Å². The largest absolute Gasteiger partial charge is 0.481 e. The fourth-order valence-electron chi connectivity index (χ4n) is 2.67. The standard InChI is InChI=1S/C15H17F2NO4/c16-10-1-2-11(12(17)9-10)15(4-7-22-8-5-15)14(21)18-6-3-13(19)20/h1-2,9H,3-8H2,(H,18,21)(H,19,20). The van der Waals surface area contributed by atoms with E-state index in [4.69, 9.17) is 9.84 Å². The van der Waals surface area contributed by atoms with E-state index in [1.165, 1.54) is 6.07 Å². The first kappa shape index (κ1) is 16.4. The molecule has 1 aliphatic rings. The number of carboxylic acid groups (broad SMARTS) is 1. The van der Waals surface area contributed by atoms with E-state index in [0.29, 0.717) is 0 Å². The second-order valence-electron chi connectivity index (χ2n) is 5.22. The summed E-state index contributed by atoms with van der Waals surface area (Å²) in [5.74, 6) is -2.98. The van der Waals surface area contributed by atoms with E-state index in [0.717, 1.165) is 12.1 Å². The SMILES string of the molecule is O=C(O)CCNC(=O)C1(c2ccc(F)cc2F)CCOCC1. The van der Waals surface area contributed by atoms with Crippen LogP contribution in [0.1, 0.15) is 24.8 Å². The summed E-state index contributed by atoms with van der Waals surface area (Å²) in [4.78, 5) is 23.0. The van der Waals surface area contributed by atoms with E-state index in [1.54, 1.807) is 0 Å². The van der Waals surface area contributed by atoms with Gasteiger partial charge in [-0.1, -0.05) is 6.07 Å². The molecule has 22 heavy (non-hydrogen) atoms. The fourth-order valence-corrected chi connectivity index (χ4v) is 2.67. The van der Waals surface area contributed by atoms with Crippen molar-refractivity contribution in [3.63, 3.8) is 0 Å². The van der Waals surface area contributed by atoms with E-state index < -0.39 is 28.9 Å². The Morgan fingerprint density at radius 1 is 1.27 bits per heavy atom. The van der Waals surface area contributed by atoms with Crippen LogP contribution in [0, 0.1) is 11.6 Å². The molecule has 7 heteroatoms. The molecule has 5 nitrogen and oxygen atoms in total. The van der Waals surface area contributed by atoms with Gasteiger partial charge in [0.25, 0.3) is 0 Å². The lowest BCUT2D eigenvalue weighted by molar-refractivity contribution is -0.137. The Hall–Kier alpha value is -2.02. The van der Waals surface area contributed by atoms with Crippen LogP contribution < -0.4 is 5.32 Å². The quantitative estimate of drug-likeness (QED) is 0.866. The van der Waals surface area contributed by atoms with Crippen LogP contribution in [-0.4, -0.2) is 36.7 Å². The van der Waals surface area contributed by atoms with Crippen molar-refractivity contribution < 1.29 is 28.2 Å². The molecule has 1 fully saturated rings. The molecule has 0 bridgehead atoms. The summed E-state index contributed by atoms with van der Waals surface area (Å²) in [6, 6.07) is 3.13. The van der Waals surface area contributed by atoms with Crippen LogP contribution in [0.5, 0.6) is 0 Å². The van der Waals surface area contributed by atoms with Gasteiger partial charge in [-0.25, -0.2) is 8.78 Å². The number of benzene rings is 1. The minimum atomic E-state index is -1.16. The van der Waals surface area contributed by atoms with Crippen LogP contribution in [0.25, 0.3) is 0 Å². The number of nitrogens with one attached hydrogen (secondary N) is 1. The maximum Gasteiger partial charge on any atom is 0.305 e. The summed E-state index contributed by atoms with van der Waals surface area (Å²) >= 11 is 0. The van der Waals surface area contributed by atoms with Gasteiger partial charge in [-0.3, -0.25) is 9.59 Å². The van der Waals surface area contributed by atoms with Gasteiger partial charge in [0.15, 0.2) is 0 Å². The van der Waals surface area contributed by atoms with Crippen molar-refractivity contribution in [1.82, 2.24) is 5.32 Å². The number of carboxylic acids is 1. The number of halogens is 2. The lowest BCUT2D eigenvalue weighted by atomic mass is 9.73. The average Bonchev–Trinajstić information content (AvgIpc) is 2.47. The Morgan fingerprint density at radius 2 is 1.95 bits per heavy atom. The lowest BCUT2D eigenvalue weighted by Crippen LogP contribution is -2.49. The van der Waals surface area contributed by atoms with Crippen LogP contribution in [0.2, 0.25) is 0 Å². The zero-order valence-corrected chi connectivity index (χ0v) is 11.9. The molecule has 0 saturated carbocycles. The summed E-state index contributed by atoms with van der Waals surface area (Å²) in [6.07, 6.45) is 0.299. The third kappa shape index (κ3) is 3.41.